The van der Waals surface area contributed by atoms with Crippen LogP contribution in [0.2, 0.25) is 5.02 Å². The Morgan fingerprint density at radius 1 is 0.842 bits per heavy atom. The lowest BCUT2D eigenvalue weighted by atomic mass is 10.1. The highest BCUT2D eigenvalue weighted by Gasteiger charge is 2.12. The molecule has 1 nitrogen and oxygen atoms in total. The average molecular weight is 332 g/mol. The molecule has 1 heterocycles. The highest BCUT2D eigenvalue weighted by atomic mass is 79.9. The first-order valence-electron chi connectivity index (χ1n) is 5.93. The Labute approximate surface area is 122 Å². The Morgan fingerprint density at radius 2 is 1.63 bits per heavy atom. The maximum Gasteiger partial charge on any atom is 0.143 e. The van der Waals surface area contributed by atoms with Gasteiger partial charge in [0.1, 0.15) is 11.2 Å². The van der Waals surface area contributed by atoms with E-state index in [0.29, 0.717) is 0 Å². The van der Waals surface area contributed by atoms with E-state index in [0.717, 1.165) is 42.2 Å². The van der Waals surface area contributed by atoms with Crippen LogP contribution in [0.5, 0.6) is 0 Å². The van der Waals surface area contributed by atoms with E-state index in [1.54, 1.807) is 0 Å². The Kier molecular flexibility index (Phi) is 2.38. The van der Waals surface area contributed by atoms with Crippen LogP contribution in [-0.2, 0) is 0 Å². The minimum Gasteiger partial charge on any atom is -0.455 e. The Bertz CT molecular complexity index is 940. The molecule has 0 saturated carbocycles. The summed E-state index contributed by atoms with van der Waals surface area (Å²) in [6.45, 7) is 0. The SMILES string of the molecule is Clc1cc2c3cc(Br)ccc3oc2c2ccccc12. The summed E-state index contributed by atoms with van der Waals surface area (Å²) in [6, 6.07) is 16.0. The van der Waals surface area contributed by atoms with Gasteiger partial charge in [0.25, 0.3) is 0 Å². The second-order valence-electron chi connectivity index (χ2n) is 4.52. The van der Waals surface area contributed by atoms with Gasteiger partial charge in [0.05, 0.1) is 0 Å². The second kappa shape index (κ2) is 3.99. The summed E-state index contributed by atoms with van der Waals surface area (Å²) < 4.78 is 7.03. The molecule has 0 unspecified atom stereocenters. The van der Waals surface area contributed by atoms with Crippen LogP contribution >= 0.6 is 27.5 Å². The van der Waals surface area contributed by atoms with Gasteiger partial charge in [0.2, 0.25) is 0 Å². The minimum absolute atomic E-state index is 0.755. The van der Waals surface area contributed by atoms with Crippen LogP contribution in [-0.4, -0.2) is 0 Å². The molecule has 3 heteroatoms. The summed E-state index contributed by atoms with van der Waals surface area (Å²) in [5.74, 6) is 0. The van der Waals surface area contributed by atoms with Gasteiger partial charge in [-0.3, -0.25) is 0 Å². The van der Waals surface area contributed by atoms with E-state index >= 15 is 0 Å². The Hall–Kier alpha value is -1.51. The van der Waals surface area contributed by atoms with Crippen molar-refractivity contribution in [3.05, 3.63) is 58.0 Å². The van der Waals surface area contributed by atoms with E-state index in [1.165, 1.54) is 0 Å². The number of benzene rings is 3. The smallest absolute Gasteiger partial charge is 0.143 e. The minimum atomic E-state index is 0.755. The molecule has 1 aromatic heterocycles. The quantitative estimate of drug-likeness (QED) is 0.376. The molecule has 4 aromatic rings. The molecule has 3 aromatic carbocycles. The molecule has 0 atom stereocenters. The zero-order valence-corrected chi connectivity index (χ0v) is 12.1. The molecule has 4 rings (SSSR count). The first-order chi connectivity index (χ1) is 9.24. The fraction of sp³-hybridized carbons (Fsp3) is 0. The predicted molar refractivity (Wildman–Crippen MR) is 83.9 cm³/mol. The lowest BCUT2D eigenvalue weighted by molar-refractivity contribution is 0.672. The van der Waals surface area contributed by atoms with Crippen LogP contribution in [0.4, 0.5) is 0 Å². The normalized spacial score (nSPS) is 11.7. The van der Waals surface area contributed by atoms with Crippen molar-refractivity contribution in [2.24, 2.45) is 0 Å². The number of halogens is 2. The van der Waals surface area contributed by atoms with Crippen LogP contribution < -0.4 is 0 Å². The number of fused-ring (bicyclic) bond motifs is 5. The van der Waals surface area contributed by atoms with Gasteiger partial charge >= 0.3 is 0 Å². The van der Waals surface area contributed by atoms with Gasteiger partial charge in [-0.25, -0.2) is 0 Å². The van der Waals surface area contributed by atoms with Gasteiger partial charge in [0, 0.05) is 31.0 Å². The Balaban J connectivity index is 2.32. The third-order valence-electron chi connectivity index (χ3n) is 3.39. The molecule has 0 bridgehead atoms. The molecule has 0 radical (unpaired) electrons. The summed E-state index contributed by atoms with van der Waals surface area (Å²) in [6.07, 6.45) is 0. The zero-order chi connectivity index (χ0) is 13.0. The average Bonchev–Trinajstić information content (AvgIpc) is 2.78. The van der Waals surface area contributed by atoms with Gasteiger partial charge < -0.3 is 4.42 Å². The molecule has 0 fully saturated rings. The molecule has 0 aliphatic carbocycles. The first kappa shape index (κ1) is 11.3. The monoisotopic (exact) mass is 330 g/mol. The van der Waals surface area contributed by atoms with E-state index < -0.39 is 0 Å². The first-order valence-corrected chi connectivity index (χ1v) is 7.10. The maximum atomic E-state index is 6.38. The van der Waals surface area contributed by atoms with Crippen LogP contribution in [0.3, 0.4) is 0 Å². The molecular formula is C16H8BrClO. The largest absolute Gasteiger partial charge is 0.455 e. The van der Waals surface area contributed by atoms with Crippen molar-refractivity contribution in [3.8, 4) is 0 Å². The van der Waals surface area contributed by atoms with Crippen molar-refractivity contribution in [3.63, 3.8) is 0 Å². The number of rotatable bonds is 0. The fourth-order valence-electron chi connectivity index (χ4n) is 2.53. The molecule has 0 aliphatic heterocycles. The number of hydrogen-bond acceptors (Lipinski definition) is 1. The summed E-state index contributed by atoms with van der Waals surface area (Å²) in [5, 5.41) is 4.97. The van der Waals surface area contributed by atoms with E-state index in [4.69, 9.17) is 16.0 Å². The molecule has 0 saturated heterocycles. The van der Waals surface area contributed by atoms with E-state index in [1.807, 2.05) is 42.5 Å². The predicted octanol–water partition coefficient (Wildman–Crippen LogP) is 6.16. The molecule has 0 amide bonds. The number of furan rings is 1. The van der Waals surface area contributed by atoms with Crippen LogP contribution in [0.25, 0.3) is 32.7 Å². The maximum absolute atomic E-state index is 6.38. The van der Waals surface area contributed by atoms with E-state index in [2.05, 4.69) is 22.0 Å². The molecule has 92 valence electrons. The van der Waals surface area contributed by atoms with Gasteiger partial charge in [-0.2, -0.15) is 0 Å². The molecular weight excluding hydrogens is 324 g/mol. The van der Waals surface area contributed by atoms with E-state index in [-0.39, 0.29) is 0 Å². The molecule has 19 heavy (non-hydrogen) atoms. The van der Waals surface area contributed by atoms with Crippen molar-refractivity contribution < 1.29 is 4.42 Å². The fourth-order valence-corrected chi connectivity index (χ4v) is 3.16. The third kappa shape index (κ3) is 1.60. The topological polar surface area (TPSA) is 13.1 Å². The van der Waals surface area contributed by atoms with Crippen molar-refractivity contribution >= 4 is 60.2 Å². The summed E-state index contributed by atoms with van der Waals surface area (Å²) >= 11 is 9.88. The molecule has 0 aliphatic rings. The zero-order valence-electron chi connectivity index (χ0n) is 9.78. The lowest BCUT2D eigenvalue weighted by Gasteiger charge is -2.00. The summed E-state index contributed by atoms with van der Waals surface area (Å²) in [7, 11) is 0. The van der Waals surface area contributed by atoms with Crippen molar-refractivity contribution in [2.45, 2.75) is 0 Å². The molecule has 0 spiro atoms. The highest BCUT2D eigenvalue weighted by Crippen LogP contribution is 2.38. The summed E-state index contributed by atoms with van der Waals surface area (Å²) in [5.41, 5.74) is 1.78. The third-order valence-corrected chi connectivity index (χ3v) is 4.19. The van der Waals surface area contributed by atoms with Crippen molar-refractivity contribution in [1.29, 1.82) is 0 Å². The van der Waals surface area contributed by atoms with Gasteiger partial charge in [-0.15, -0.1) is 0 Å². The summed E-state index contributed by atoms with van der Waals surface area (Å²) in [4.78, 5) is 0. The van der Waals surface area contributed by atoms with Crippen LogP contribution in [0, 0.1) is 0 Å². The van der Waals surface area contributed by atoms with Crippen molar-refractivity contribution in [1.82, 2.24) is 0 Å². The van der Waals surface area contributed by atoms with Gasteiger partial charge in [-0.1, -0.05) is 51.8 Å². The van der Waals surface area contributed by atoms with Crippen molar-refractivity contribution in [2.75, 3.05) is 0 Å². The second-order valence-corrected chi connectivity index (χ2v) is 5.85. The number of hydrogen-bond donors (Lipinski definition) is 0. The van der Waals surface area contributed by atoms with E-state index in [9.17, 15) is 0 Å². The van der Waals surface area contributed by atoms with Crippen LogP contribution in [0.1, 0.15) is 0 Å². The standard InChI is InChI=1S/C16H8BrClO/c17-9-5-6-15-12(7-9)13-8-14(18)10-3-1-2-4-11(10)16(13)19-15/h1-8H. The highest BCUT2D eigenvalue weighted by molar-refractivity contribution is 9.10. The van der Waals surface area contributed by atoms with Gasteiger partial charge in [0.15, 0.2) is 0 Å². The Morgan fingerprint density at radius 3 is 2.47 bits per heavy atom. The lowest BCUT2D eigenvalue weighted by Crippen LogP contribution is -1.75. The van der Waals surface area contributed by atoms with Gasteiger partial charge in [-0.05, 0) is 24.3 Å². The van der Waals surface area contributed by atoms with Crippen LogP contribution in [0.15, 0.2) is 57.4 Å². The molecule has 0 N–H and O–H groups in total.